The summed E-state index contributed by atoms with van der Waals surface area (Å²) in [6.07, 6.45) is 5.01. The van der Waals surface area contributed by atoms with Crippen LogP contribution in [0.15, 0.2) is 17.4 Å². The molecule has 98 valence electrons. The van der Waals surface area contributed by atoms with Crippen LogP contribution in [0.5, 0.6) is 0 Å². The number of hydrogen-bond donors (Lipinski definition) is 2. The summed E-state index contributed by atoms with van der Waals surface area (Å²) in [5.74, 6) is 0.737. The molecule has 18 heavy (non-hydrogen) atoms. The molecule has 5 nitrogen and oxygen atoms in total. The van der Waals surface area contributed by atoms with Crippen LogP contribution < -0.4 is 10.6 Å². The van der Waals surface area contributed by atoms with Crippen LogP contribution in [0.4, 0.5) is 5.82 Å². The van der Waals surface area contributed by atoms with Crippen molar-refractivity contribution >= 4 is 23.3 Å². The van der Waals surface area contributed by atoms with Crippen LogP contribution >= 0.6 is 11.6 Å². The van der Waals surface area contributed by atoms with Crippen molar-refractivity contribution in [1.82, 2.24) is 4.98 Å². The first kappa shape index (κ1) is 13.0. The Labute approximate surface area is 111 Å². The summed E-state index contributed by atoms with van der Waals surface area (Å²) < 4.78 is 0. The van der Waals surface area contributed by atoms with Gasteiger partial charge in [-0.1, -0.05) is 23.7 Å². The number of aromatic nitrogens is 1. The molecule has 1 aliphatic carbocycles. The highest BCUT2D eigenvalue weighted by molar-refractivity contribution is 6.36. The molecule has 0 aromatic carbocycles. The standard InChI is InChI=1S/C12H17ClN4O/c1-2-7-17(8-3-4-8)12-10(13)9(5-6-15-12)11(14)16-18/h5-6,8,18H,2-4,7H2,1H3,(H2,14,16). The van der Waals surface area contributed by atoms with E-state index in [-0.39, 0.29) is 5.84 Å². The van der Waals surface area contributed by atoms with E-state index in [1.54, 1.807) is 12.3 Å². The average Bonchev–Trinajstić information content (AvgIpc) is 3.20. The molecule has 0 unspecified atom stereocenters. The molecular formula is C12H17ClN4O. The third-order valence-corrected chi connectivity index (χ3v) is 3.35. The molecule has 1 aromatic heterocycles. The second-order valence-electron chi connectivity index (χ2n) is 4.41. The van der Waals surface area contributed by atoms with Crippen LogP contribution in [0.2, 0.25) is 5.02 Å². The SMILES string of the molecule is CCCN(c1nccc(/C(N)=N/O)c1Cl)C1CC1. The maximum Gasteiger partial charge on any atom is 0.171 e. The Bertz CT molecular complexity index is 459. The van der Waals surface area contributed by atoms with Crippen molar-refractivity contribution in [3.05, 3.63) is 22.8 Å². The minimum Gasteiger partial charge on any atom is -0.409 e. The lowest BCUT2D eigenvalue weighted by Gasteiger charge is -2.24. The molecule has 0 radical (unpaired) electrons. The highest BCUT2D eigenvalue weighted by Crippen LogP contribution is 2.35. The van der Waals surface area contributed by atoms with Gasteiger partial charge in [0.1, 0.15) is 5.82 Å². The summed E-state index contributed by atoms with van der Waals surface area (Å²) in [5.41, 5.74) is 6.12. The molecule has 0 atom stereocenters. The Hall–Kier alpha value is -1.49. The fraction of sp³-hybridized carbons (Fsp3) is 0.500. The summed E-state index contributed by atoms with van der Waals surface area (Å²) in [6, 6.07) is 2.18. The number of anilines is 1. The third kappa shape index (κ3) is 2.51. The Morgan fingerprint density at radius 3 is 2.94 bits per heavy atom. The predicted octanol–water partition coefficient (Wildman–Crippen LogP) is 2.21. The summed E-state index contributed by atoms with van der Waals surface area (Å²) in [5, 5.41) is 12.2. The molecule has 0 saturated heterocycles. The molecule has 2 rings (SSSR count). The van der Waals surface area contributed by atoms with Gasteiger partial charge < -0.3 is 15.8 Å². The third-order valence-electron chi connectivity index (χ3n) is 2.98. The van der Waals surface area contributed by atoms with Crippen LogP contribution in [-0.2, 0) is 0 Å². The van der Waals surface area contributed by atoms with Gasteiger partial charge in [0.2, 0.25) is 0 Å². The molecule has 0 amide bonds. The van der Waals surface area contributed by atoms with Gasteiger partial charge in [-0.15, -0.1) is 0 Å². The molecule has 1 heterocycles. The van der Waals surface area contributed by atoms with Gasteiger partial charge in [-0.2, -0.15) is 0 Å². The normalized spacial score (nSPS) is 15.8. The number of pyridine rings is 1. The van der Waals surface area contributed by atoms with Crippen molar-refractivity contribution in [1.29, 1.82) is 0 Å². The Morgan fingerprint density at radius 2 is 2.39 bits per heavy atom. The number of oxime groups is 1. The molecule has 0 spiro atoms. The maximum absolute atomic E-state index is 8.74. The maximum atomic E-state index is 8.74. The first-order valence-electron chi connectivity index (χ1n) is 6.08. The van der Waals surface area contributed by atoms with E-state index >= 15 is 0 Å². The van der Waals surface area contributed by atoms with E-state index in [0.29, 0.717) is 16.6 Å². The van der Waals surface area contributed by atoms with Crippen molar-refractivity contribution < 1.29 is 5.21 Å². The Morgan fingerprint density at radius 1 is 1.67 bits per heavy atom. The highest BCUT2D eigenvalue weighted by Gasteiger charge is 2.31. The zero-order chi connectivity index (χ0) is 13.1. The molecule has 3 N–H and O–H groups in total. The lowest BCUT2D eigenvalue weighted by Crippen LogP contribution is -2.28. The fourth-order valence-electron chi connectivity index (χ4n) is 1.97. The molecule has 1 aliphatic rings. The zero-order valence-electron chi connectivity index (χ0n) is 10.3. The minimum absolute atomic E-state index is 0.0101. The highest BCUT2D eigenvalue weighted by atomic mass is 35.5. The van der Waals surface area contributed by atoms with Gasteiger partial charge >= 0.3 is 0 Å². The van der Waals surface area contributed by atoms with E-state index in [4.69, 9.17) is 22.5 Å². The molecule has 1 fully saturated rings. The van der Waals surface area contributed by atoms with Crippen molar-refractivity contribution in [3.8, 4) is 0 Å². The lowest BCUT2D eigenvalue weighted by molar-refractivity contribution is 0.318. The quantitative estimate of drug-likeness (QED) is 0.372. The van der Waals surface area contributed by atoms with E-state index in [0.717, 1.165) is 18.8 Å². The van der Waals surface area contributed by atoms with Crippen molar-refractivity contribution in [3.63, 3.8) is 0 Å². The second kappa shape index (κ2) is 5.44. The van der Waals surface area contributed by atoms with Crippen LogP contribution in [0, 0.1) is 0 Å². The van der Waals surface area contributed by atoms with Crippen molar-refractivity contribution in [2.45, 2.75) is 32.2 Å². The van der Waals surface area contributed by atoms with E-state index in [1.165, 1.54) is 12.8 Å². The molecule has 1 saturated carbocycles. The van der Waals surface area contributed by atoms with E-state index in [2.05, 4.69) is 22.0 Å². The van der Waals surface area contributed by atoms with Crippen molar-refractivity contribution in [2.75, 3.05) is 11.4 Å². The summed E-state index contributed by atoms with van der Waals surface area (Å²) in [7, 11) is 0. The number of hydrogen-bond acceptors (Lipinski definition) is 4. The van der Waals surface area contributed by atoms with E-state index in [1.807, 2.05) is 0 Å². The van der Waals surface area contributed by atoms with Gasteiger partial charge in [0.25, 0.3) is 0 Å². The minimum atomic E-state index is 0.0101. The van der Waals surface area contributed by atoms with E-state index < -0.39 is 0 Å². The molecule has 1 aromatic rings. The van der Waals surface area contributed by atoms with Crippen LogP contribution in [-0.4, -0.2) is 28.6 Å². The lowest BCUT2D eigenvalue weighted by atomic mass is 10.2. The summed E-state index contributed by atoms with van der Waals surface area (Å²) in [4.78, 5) is 6.54. The van der Waals surface area contributed by atoms with Gasteiger partial charge in [-0.05, 0) is 25.3 Å². The van der Waals surface area contributed by atoms with Crippen LogP contribution in [0.1, 0.15) is 31.7 Å². The smallest absolute Gasteiger partial charge is 0.171 e. The molecule has 6 heteroatoms. The fourth-order valence-corrected chi connectivity index (χ4v) is 2.29. The largest absolute Gasteiger partial charge is 0.409 e. The van der Waals surface area contributed by atoms with E-state index in [9.17, 15) is 0 Å². The summed E-state index contributed by atoms with van der Waals surface area (Å²) in [6.45, 7) is 3.04. The van der Waals surface area contributed by atoms with Gasteiger partial charge in [0, 0.05) is 24.3 Å². The number of nitrogens with zero attached hydrogens (tertiary/aromatic N) is 3. The number of amidine groups is 1. The van der Waals surface area contributed by atoms with Crippen LogP contribution in [0.25, 0.3) is 0 Å². The molecular weight excluding hydrogens is 252 g/mol. The van der Waals surface area contributed by atoms with Crippen molar-refractivity contribution in [2.24, 2.45) is 10.9 Å². The zero-order valence-corrected chi connectivity index (χ0v) is 11.1. The van der Waals surface area contributed by atoms with Gasteiger partial charge in [0.15, 0.2) is 5.84 Å². The molecule has 0 bridgehead atoms. The first-order chi connectivity index (χ1) is 8.69. The predicted molar refractivity (Wildman–Crippen MR) is 72.4 cm³/mol. The first-order valence-corrected chi connectivity index (χ1v) is 6.45. The Kier molecular flexibility index (Phi) is 3.91. The molecule has 0 aliphatic heterocycles. The van der Waals surface area contributed by atoms with Gasteiger partial charge in [-0.25, -0.2) is 4.98 Å². The van der Waals surface area contributed by atoms with Crippen LogP contribution in [0.3, 0.4) is 0 Å². The van der Waals surface area contributed by atoms with Gasteiger partial charge in [-0.3, -0.25) is 0 Å². The summed E-state index contributed by atoms with van der Waals surface area (Å²) >= 11 is 6.31. The number of rotatable bonds is 5. The second-order valence-corrected chi connectivity index (χ2v) is 4.78. The topological polar surface area (TPSA) is 74.7 Å². The number of nitrogens with two attached hydrogens (primary N) is 1. The monoisotopic (exact) mass is 268 g/mol. The van der Waals surface area contributed by atoms with Gasteiger partial charge in [0.05, 0.1) is 5.02 Å². The number of halogens is 1. The average molecular weight is 269 g/mol. The Balaban J connectivity index is 2.37.